The van der Waals surface area contributed by atoms with Crippen LogP contribution in [0, 0.1) is 0 Å². The number of carbonyl (C=O) groups excluding carboxylic acids is 2. The van der Waals surface area contributed by atoms with Crippen LogP contribution in [-0.4, -0.2) is 63.2 Å². The molecule has 1 heterocycles. The fraction of sp³-hybridized carbons (Fsp3) is 0.391. The van der Waals surface area contributed by atoms with E-state index in [4.69, 9.17) is 9.47 Å². The normalized spacial score (nSPS) is 14.3. The van der Waals surface area contributed by atoms with Gasteiger partial charge in [-0.3, -0.25) is 4.79 Å². The maximum Gasteiger partial charge on any atom is 0.338 e. The number of esters is 1. The maximum absolute atomic E-state index is 13.1. The van der Waals surface area contributed by atoms with E-state index in [2.05, 4.69) is 38.0 Å². The molecule has 1 amide bonds. The zero-order valence-corrected chi connectivity index (χ0v) is 19.7. The Hall–Kier alpha value is -2.58. The molecule has 0 bridgehead atoms. The topological polar surface area (TPSA) is 71.1 Å². The van der Waals surface area contributed by atoms with Gasteiger partial charge in [0.05, 0.1) is 36.2 Å². The Labute approximate surface area is 191 Å². The van der Waals surface area contributed by atoms with Gasteiger partial charge in [-0.1, -0.05) is 22.9 Å². The number of ether oxygens (including phenoxy) is 2. The minimum Gasteiger partial charge on any atom is -0.496 e. The average molecular weight is 490 g/mol. The molecule has 166 valence electrons. The summed E-state index contributed by atoms with van der Waals surface area (Å²) in [6, 6.07) is 10.6. The molecule has 2 aromatic rings. The van der Waals surface area contributed by atoms with Gasteiger partial charge in [-0.2, -0.15) is 0 Å². The number of carbonyl (C=O) groups is 2. The molecule has 1 fully saturated rings. The Morgan fingerprint density at radius 3 is 2.45 bits per heavy atom. The molecule has 31 heavy (non-hydrogen) atoms. The van der Waals surface area contributed by atoms with Gasteiger partial charge < -0.3 is 24.6 Å². The van der Waals surface area contributed by atoms with Crippen molar-refractivity contribution in [3.63, 3.8) is 0 Å². The van der Waals surface area contributed by atoms with E-state index in [0.717, 1.165) is 42.9 Å². The molecule has 0 aliphatic carbocycles. The Morgan fingerprint density at radius 2 is 1.81 bits per heavy atom. The van der Waals surface area contributed by atoms with Gasteiger partial charge in [-0.25, -0.2) is 4.79 Å². The summed E-state index contributed by atoms with van der Waals surface area (Å²) in [4.78, 5) is 30.0. The Balaban J connectivity index is 1.93. The van der Waals surface area contributed by atoms with Crippen molar-refractivity contribution in [2.45, 2.75) is 13.8 Å². The number of halogens is 1. The highest BCUT2D eigenvalue weighted by atomic mass is 79.9. The number of hydrogen-bond acceptors (Lipinski definition) is 6. The van der Waals surface area contributed by atoms with Crippen LogP contribution in [0.4, 0.5) is 11.4 Å². The maximum atomic E-state index is 13.1. The molecule has 1 N–H and O–H groups in total. The summed E-state index contributed by atoms with van der Waals surface area (Å²) in [5.41, 5.74) is 2.25. The summed E-state index contributed by atoms with van der Waals surface area (Å²) in [7, 11) is 1.53. The highest BCUT2D eigenvalue weighted by Gasteiger charge is 2.22. The highest BCUT2D eigenvalue weighted by molar-refractivity contribution is 9.10. The van der Waals surface area contributed by atoms with Gasteiger partial charge in [0.25, 0.3) is 5.91 Å². The first-order valence-electron chi connectivity index (χ1n) is 10.4. The van der Waals surface area contributed by atoms with E-state index in [9.17, 15) is 9.59 Å². The van der Waals surface area contributed by atoms with Crippen molar-refractivity contribution < 1.29 is 19.1 Å². The second-order valence-corrected chi connectivity index (χ2v) is 8.09. The molecule has 0 aromatic heterocycles. The van der Waals surface area contributed by atoms with E-state index in [1.54, 1.807) is 31.2 Å². The van der Waals surface area contributed by atoms with Crippen LogP contribution < -0.4 is 15.0 Å². The van der Waals surface area contributed by atoms with Crippen LogP contribution in [0.5, 0.6) is 5.75 Å². The summed E-state index contributed by atoms with van der Waals surface area (Å²) < 4.78 is 11.3. The van der Waals surface area contributed by atoms with Gasteiger partial charge in [0.2, 0.25) is 0 Å². The molecule has 8 heteroatoms. The molecule has 0 atom stereocenters. The third-order valence-electron chi connectivity index (χ3n) is 5.32. The number of rotatable bonds is 7. The Morgan fingerprint density at radius 1 is 1.06 bits per heavy atom. The standard InChI is InChI=1S/C23H28BrN3O4/c1-4-26-10-12-27(13-11-26)20-8-6-16(23(29)31-5-2)14-19(20)25-22(28)18-15-17(24)7-9-21(18)30-3/h6-9,14-15H,4-5,10-13H2,1-3H3,(H,25,28). The number of likely N-dealkylation sites (N-methyl/N-ethyl adjacent to an activating group) is 1. The number of nitrogens with zero attached hydrogens (tertiary/aromatic N) is 2. The molecule has 1 aliphatic rings. The number of hydrogen-bond donors (Lipinski definition) is 1. The first-order chi connectivity index (χ1) is 15.0. The summed E-state index contributed by atoms with van der Waals surface area (Å²) in [6.07, 6.45) is 0. The summed E-state index contributed by atoms with van der Waals surface area (Å²) in [5, 5.41) is 2.99. The Bertz CT molecular complexity index is 942. The van der Waals surface area contributed by atoms with Crippen LogP contribution >= 0.6 is 15.9 Å². The van der Waals surface area contributed by atoms with Gasteiger partial charge in [0, 0.05) is 30.7 Å². The molecule has 2 aromatic carbocycles. The van der Waals surface area contributed by atoms with Crippen LogP contribution in [0.1, 0.15) is 34.6 Å². The predicted octanol–water partition coefficient (Wildman–Crippen LogP) is 4.03. The number of piperazine rings is 1. The first-order valence-corrected chi connectivity index (χ1v) is 11.2. The molecule has 0 spiro atoms. The second kappa shape index (κ2) is 10.6. The van der Waals surface area contributed by atoms with Crippen LogP contribution in [0.2, 0.25) is 0 Å². The van der Waals surface area contributed by atoms with Crippen LogP contribution in [0.15, 0.2) is 40.9 Å². The summed E-state index contributed by atoms with van der Waals surface area (Å²) in [5.74, 6) is -0.256. The van der Waals surface area contributed by atoms with E-state index in [-0.39, 0.29) is 12.5 Å². The third kappa shape index (κ3) is 5.57. The van der Waals surface area contributed by atoms with Crippen molar-refractivity contribution in [3.05, 3.63) is 52.0 Å². The zero-order chi connectivity index (χ0) is 22.4. The van der Waals surface area contributed by atoms with Crippen molar-refractivity contribution in [1.82, 2.24) is 4.90 Å². The lowest BCUT2D eigenvalue weighted by Crippen LogP contribution is -2.46. The van der Waals surface area contributed by atoms with Crippen molar-refractivity contribution in [1.29, 1.82) is 0 Å². The number of anilines is 2. The van der Waals surface area contributed by atoms with E-state index in [0.29, 0.717) is 22.6 Å². The van der Waals surface area contributed by atoms with Gasteiger partial charge >= 0.3 is 5.97 Å². The minimum absolute atomic E-state index is 0.288. The molecule has 3 rings (SSSR count). The van der Waals surface area contributed by atoms with Crippen LogP contribution in [-0.2, 0) is 4.74 Å². The van der Waals surface area contributed by atoms with Crippen molar-refractivity contribution in [3.8, 4) is 5.75 Å². The zero-order valence-electron chi connectivity index (χ0n) is 18.1. The summed E-state index contributed by atoms with van der Waals surface area (Å²) >= 11 is 3.41. The second-order valence-electron chi connectivity index (χ2n) is 7.17. The van der Waals surface area contributed by atoms with E-state index in [1.165, 1.54) is 7.11 Å². The molecule has 0 unspecified atom stereocenters. The van der Waals surface area contributed by atoms with E-state index >= 15 is 0 Å². The minimum atomic E-state index is -0.416. The number of benzene rings is 2. The molecular weight excluding hydrogens is 462 g/mol. The van der Waals surface area contributed by atoms with Gasteiger partial charge in [-0.05, 0) is 49.9 Å². The highest BCUT2D eigenvalue weighted by Crippen LogP contribution is 2.31. The van der Waals surface area contributed by atoms with Crippen molar-refractivity contribution in [2.75, 3.05) is 56.7 Å². The van der Waals surface area contributed by atoms with Crippen LogP contribution in [0.25, 0.3) is 0 Å². The average Bonchev–Trinajstić information content (AvgIpc) is 2.79. The molecule has 0 radical (unpaired) electrons. The molecule has 1 saturated heterocycles. The summed E-state index contributed by atoms with van der Waals surface area (Å²) in [6.45, 7) is 8.80. The van der Waals surface area contributed by atoms with Crippen molar-refractivity contribution in [2.24, 2.45) is 0 Å². The fourth-order valence-corrected chi connectivity index (χ4v) is 3.97. The molecule has 0 saturated carbocycles. The SMILES string of the molecule is CCOC(=O)c1ccc(N2CCN(CC)CC2)c(NC(=O)c2cc(Br)ccc2OC)c1. The van der Waals surface area contributed by atoms with E-state index < -0.39 is 5.97 Å². The molecular formula is C23H28BrN3O4. The van der Waals surface area contributed by atoms with E-state index in [1.807, 2.05) is 12.1 Å². The number of amides is 1. The number of methoxy groups -OCH3 is 1. The molecule has 1 aliphatic heterocycles. The van der Waals surface area contributed by atoms with Gasteiger partial charge in [-0.15, -0.1) is 0 Å². The Kier molecular flexibility index (Phi) is 7.92. The lowest BCUT2D eigenvalue weighted by Gasteiger charge is -2.36. The van der Waals surface area contributed by atoms with Gasteiger partial charge in [0.1, 0.15) is 5.75 Å². The third-order valence-corrected chi connectivity index (χ3v) is 5.82. The molecule has 7 nitrogen and oxygen atoms in total. The monoisotopic (exact) mass is 489 g/mol. The predicted molar refractivity (Wildman–Crippen MR) is 125 cm³/mol. The lowest BCUT2D eigenvalue weighted by molar-refractivity contribution is 0.0526. The first kappa shape index (κ1) is 23.1. The lowest BCUT2D eigenvalue weighted by atomic mass is 10.1. The number of nitrogens with one attached hydrogen (secondary N) is 1. The smallest absolute Gasteiger partial charge is 0.338 e. The van der Waals surface area contributed by atoms with Crippen LogP contribution in [0.3, 0.4) is 0 Å². The quantitative estimate of drug-likeness (QED) is 0.592. The fourth-order valence-electron chi connectivity index (χ4n) is 3.61. The largest absolute Gasteiger partial charge is 0.496 e. The van der Waals surface area contributed by atoms with Crippen molar-refractivity contribution >= 4 is 39.2 Å². The van der Waals surface area contributed by atoms with Gasteiger partial charge in [0.15, 0.2) is 0 Å².